The van der Waals surface area contributed by atoms with Crippen LogP contribution in [-0.4, -0.2) is 6.26 Å². The number of rotatable bonds is 2. The van der Waals surface area contributed by atoms with Crippen LogP contribution in [-0.2, 0) is 6.42 Å². The van der Waals surface area contributed by atoms with Crippen LogP contribution in [0, 0.1) is 5.41 Å². The van der Waals surface area contributed by atoms with Crippen molar-refractivity contribution in [3.05, 3.63) is 29.8 Å². The van der Waals surface area contributed by atoms with Crippen molar-refractivity contribution in [1.82, 2.24) is 0 Å². The zero-order chi connectivity index (χ0) is 11.9. The predicted octanol–water partition coefficient (Wildman–Crippen LogP) is 5.02. The minimum atomic E-state index is 0.381. The maximum absolute atomic E-state index is 2.28. The lowest BCUT2D eigenvalue weighted by Gasteiger charge is -2.19. The fraction of sp³-hybridized carbons (Fsp3) is 0.571. The van der Waals surface area contributed by atoms with Gasteiger partial charge in [-0.1, -0.05) is 52.8 Å². The zero-order valence-corrected chi connectivity index (χ0v) is 11.7. The van der Waals surface area contributed by atoms with Crippen LogP contribution in [0.5, 0.6) is 0 Å². The van der Waals surface area contributed by atoms with E-state index in [-0.39, 0.29) is 0 Å². The van der Waals surface area contributed by atoms with Crippen molar-refractivity contribution in [2.45, 2.75) is 45.9 Å². The summed E-state index contributed by atoms with van der Waals surface area (Å²) < 4.78 is 0. The van der Waals surface area contributed by atoms with Crippen molar-refractivity contribution >= 4 is 11.8 Å². The molecule has 0 atom stereocenters. The van der Waals surface area contributed by atoms with Gasteiger partial charge in [-0.25, -0.2) is 0 Å². The summed E-state index contributed by atoms with van der Waals surface area (Å²) in [4.78, 5) is 1.41. The molecule has 0 aliphatic rings. The molecule has 86 valence electrons. The maximum atomic E-state index is 2.28. The minimum Gasteiger partial charge on any atom is -0.129 e. The summed E-state index contributed by atoms with van der Waals surface area (Å²) in [7, 11) is 0. The monoisotopic (exact) mass is 224 g/mol. The molecule has 1 heteroatoms. The highest BCUT2D eigenvalue weighted by atomic mass is 32.2. The van der Waals surface area contributed by atoms with E-state index in [1.54, 1.807) is 0 Å². The average molecular weight is 224 g/mol. The van der Waals surface area contributed by atoms with Crippen LogP contribution in [0.2, 0.25) is 0 Å². The standard InChI is InChI=1S/C12H18S.C2H6/c1-12(2,3)9-10-7-5-6-8-11(10)13-4;1-2/h5-8H,9H2,1-4H3;1-2H3. The molecule has 1 aromatic carbocycles. The summed E-state index contributed by atoms with van der Waals surface area (Å²) in [5, 5.41) is 0. The Morgan fingerprint density at radius 3 is 2.07 bits per heavy atom. The summed E-state index contributed by atoms with van der Waals surface area (Å²) in [5.74, 6) is 0. The zero-order valence-electron chi connectivity index (χ0n) is 10.9. The summed E-state index contributed by atoms with van der Waals surface area (Å²) in [6, 6.07) is 8.67. The molecule has 0 aliphatic carbocycles. The van der Waals surface area contributed by atoms with E-state index in [4.69, 9.17) is 0 Å². The fourth-order valence-corrected chi connectivity index (χ4v) is 2.04. The Bertz CT molecular complexity index is 271. The van der Waals surface area contributed by atoms with Crippen molar-refractivity contribution in [1.29, 1.82) is 0 Å². The van der Waals surface area contributed by atoms with Crippen LogP contribution in [0.3, 0.4) is 0 Å². The Morgan fingerprint density at radius 1 is 1.07 bits per heavy atom. The third kappa shape index (κ3) is 5.88. The first-order valence-electron chi connectivity index (χ1n) is 5.65. The third-order valence-electron chi connectivity index (χ3n) is 1.91. The smallest absolute Gasteiger partial charge is 0.0101 e. The van der Waals surface area contributed by atoms with Gasteiger partial charge < -0.3 is 0 Å². The van der Waals surface area contributed by atoms with Crippen molar-refractivity contribution < 1.29 is 0 Å². The molecule has 1 rings (SSSR count). The van der Waals surface area contributed by atoms with Gasteiger partial charge >= 0.3 is 0 Å². The lowest BCUT2D eigenvalue weighted by Crippen LogP contribution is -2.09. The Kier molecular flexibility index (Phi) is 6.75. The van der Waals surface area contributed by atoms with Gasteiger partial charge in [-0.15, -0.1) is 11.8 Å². The third-order valence-corrected chi connectivity index (χ3v) is 2.75. The molecule has 0 fully saturated rings. The van der Waals surface area contributed by atoms with E-state index in [0.29, 0.717) is 5.41 Å². The molecule has 0 spiro atoms. The molecule has 0 saturated carbocycles. The molecule has 0 unspecified atom stereocenters. The quantitative estimate of drug-likeness (QED) is 0.635. The highest BCUT2D eigenvalue weighted by molar-refractivity contribution is 7.98. The van der Waals surface area contributed by atoms with Gasteiger partial charge in [-0.2, -0.15) is 0 Å². The van der Waals surface area contributed by atoms with Gasteiger partial charge in [0.1, 0.15) is 0 Å². The highest BCUT2D eigenvalue weighted by Crippen LogP contribution is 2.27. The van der Waals surface area contributed by atoms with E-state index in [0.717, 1.165) is 6.42 Å². The van der Waals surface area contributed by atoms with Gasteiger partial charge in [-0.05, 0) is 29.7 Å². The lowest BCUT2D eigenvalue weighted by atomic mass is 9.88. The molecule has 0 saturated heterocycles. The largest absolute Gasteiger partial charge is 0.129 e. The number of hydrogen-bond donors (Lipinski definition) is 0. The normalized spacial score (nSPS) is 10.5. The van der Waals surface area contributed by atoms with Crippen LogP contribution in [0.1, 0.15) is 40.2 Å². The van der Waals surface area contributed by atoms with Gasteiger partial charge in [0.2, 0.25) is 0 Å². The molecule has 0 radical (unpaired) electrons. The molecule has 0 nitrogen and oxygen atoms in total. The first-order chi connectivity index (χ1) is 7.03. The van der Waals surface area contributed by atoms with Crippen molar-refractivity contribution in [2.75, 3.05) is 6.26 Å². The van der Waals surface area contributed by atoms with E-state index in [9.17, 15) is 0 Å². The van der Waals surface area contributed by atoms with E-state index in [1.807, 2.05) is 25.6 Å². The molecule has 0 bridgehead atoms. The summed E-state index contributed by atoms with van der Waals surface area (Å²) in [5.41, 5.74) is 1.86. The van der Waals surface area contributed by atoms with Gasteiger partial charge in [0.05, 0.1) is 0 Å². The molecule has 0 aromatic heterocycles. The molecule has 0 N–H and O–H groups in total. The van der Waals surface area contributed by atoms with Crippen LogP contribution in [0.4, 0.5) is 0 Å². The van der Waals surface area contributed by atoms with Gasteiger partial charge in [-0.3, -0.25) is 0 Å². The summed E-state index contributed by atoms with van der Waals surface area (Å²) in [6.07, 6.45) is 3.30. The number of thioether (sulfide) groups is 1. The Hall–Kier alpha value is -0.430. The molecule has 0 aliphatic heterocycles. The van der Waals surface area contributed by atoms with Gasteiger partial charge in [0.25, 0.3) is 0 Å². The first kappa shape index (κ1) is 14.6. The predicted molar refractivity (Wildman–Crippen MR) is 72.7 cm³/mol. The second kappa shape index (κ2) is 6.95. The SMILES string of the molecule is CC.CSc1ccccc1CC(C)(C)C. The first-order valence-corrected chi connectivity index (χ1v) is 6.87. The molecular weight excluding hydrogens is 200 g/mol. The minimum absolute atomic E-state index is 0.381. The van der Waals surface area contributed by atoms with Crippen molar-refractivity contribution in [3.8, 4) is 0 Å². The lowest BCUT2D eigenvalue weighted by molar-refractivity contribution is 0.408. The van der Waals surface area contributed by atoms with Gasteiger partial charge in [0.15, 0.2) is 0 Å². The molecular formula is C14H24S. The van der Waals surface area contributed by atoms with E-state index >= 15 is 0 Å². The van der Waals surface area contributed by atoms with E-state index < -0.39 is 0 Å². The Morgan fingerprint density at radius 2 is 1.60 bits per heavy atom. The number of hydrogen-bond acceptors (Lipinski definition) is 1. The van der Waals surface area contributed by atoms with Gasteiger partial charge in [0, 0.05) is 4.90 Å². The van der Waals surface area contributed by atoms with Crippen molar-refractivity contribution in [3.63, 3.8) is 0 Å². The highest BCUT2D eigenvalue weighted by Gasteiger charge is 2.12. The van der Waals surface area contributed by atoms with Crippen LogP contribution in [0.15, 0.2) is 29.2 Å². The average Bonchev–Trinajstić information content (AvgIpc) is 2.19. The van der Waals surface area contributed by atoms with E-state index in [1.165, 1.54) is 10.5 Å². The maximum Gasteiger partial charge on any atom is 0.0101 e. The number of benzene rings is 1. The van der Waals surface area contributed by atoms with Crippen molar-refractivity contribution in [2.24, 2.45) is 5.41 Å². The molecule has 0 amide bonds. The Labute approximate surface area is 99.5 Å². The Balaban J connectivity index is 0.000000921. The van der Waals surface area contributed by atoms with Crippen LogP contribution < -0.4 is 0 Å². The fourth-order valence-electron chi connectivity index (χ4n) is 1.42. The molecule has 1 aromatic rings. The van der Waals surface area contributed by atoms with Crippen LogP contribution in [0.25, 0.3) is 0 Å². The molecule has 15 heavy (non-hydrogen) atoms. The summed E-state index contributed by atoms with van der Waals surface area (Å²) in [6.45, 7) is 10.8. The summed E-state index contributed by atoms with van der Waals surface area (Å²) >= 11 is 1.84. The van der Waals surface area contributed by atoms with Crippen LogP contribution >= 0.6 is 11.8 Å². The topological polar surface area (TPSA) is 0 Å². The van der Waals surface area contributed by atoms with E-state index in [2.05, 4.69) is 51.3 Å². The second-order valence-electron chi connectivity index (χ2n) is 4.55. The second-order valence-corrected chi connectivity index (χ2v) is 5.40. The molecule has 0 heterocycles.